The molecule has 0 aromatic heterocycles. The molecule has 3 nitrogen and oxygen atoms in total. The lowest BCUT2D eigenvalue weighted by molar-refractivity contribution is -0.139. The van der Waals surface area contributed by atoms with E-state index in [-0.39, 0.29) is 17.3 Å². The van der Waals surface area contributed by atoms with Crippen LogP contribution in [-0.2, 0) is 9.53 Å². The summed E-state index contributed by atoms with van der Waals surface area (Å²) in [6, 6.07) is 0. The average Bonchev–Trinajstić information content (AvgIpc) is 2.52. The fourth-order valence-corrected chi connectivity index (χ4v) is 2.25. The molecule has 0 N–H and O–H groups in total. The fraction of sp³-hybridized carbons (Fsp3) is 0.556. The Hall–Kier alpha value is -0.340. The Balaban J connectivity index is 2.72. The summed E-state index contributed by atoms with van der Waals surface area (Å²) < 4.78 is 5.14. The standard InChI is InChI=1S/C9H9Br2NO2/c1-9(2)5(3-6(10)11)7(9)8(13)14-4-12/h3,5,7H,1-2H3. The van der Waals surface area contributed by atoms with E-state index in [1.807, 2.05) is 19.9 Å². The van der Waals surface area contributed by atoms with Crippen molar-refractivity contribution in [2.45, 2.75) is 13.8 Å². The molecule has 1 aliphatic rings. The Morgan fingerprint density at radius 1 is 1.57 bits per heavy atom. The normalized spacial score (nSPS) is 27.4. The van der Waals surface area contributed by atoms with Crippen LogP contribution in [0.3, 0.4) is 0 Å². The molecule has 1 aliphatic carbocycles. The molecule has 5 heteroatoms. The smallest absolute Gasteiger partial charge is 0.325 e. The van der Waals surface area contributed by atoms with Gasteiger partial charge in [0, 0.05) is 0 Å². The predicted molar refractivity (Wildman–Crippen MR) is 58.4 cm³/mol. The molecule has 1 saturated carbocycles. The van der Waals surface area contributed by atoms with Gasteiger partial charge in [-0.2, -0.15) is 0 Å². The van der Waals surface area contributed by atoms with Crippen molar-refractivity contribution in [3.63, 3.8) is 0 Å². The number of esters is 1. The van der Waals surface area contributed by atoms with Crippen LogP contribution in [-0.4, -0.2) is 5.97 Å². The molecule has 1 fully saturated rings. The van der Waals surface area contributed by atoms with E-state index >= 15 is 0 Å². The number of rotatable bonds is 2. The number of carbonyl (C=O) groups excluding carboxylic acids is 1. The van der Waals surface area contributed by atoms with Gasteiger partial charge in [0.05, 0.1) is 9.31 Å². The van der Waals surface area contributed by atoms with Gasteiger partial charge in [-0.1, -0.05) is 19.9 Å². The highest BCUT2D eigenvalue weighted by Gasteiger charge is 2.61. The first-order valence-corrected chi connectivity index (χ1v) is 5.62. The molecule has 2 atom stereocenters. The van der Waals surface area contributed by atoms with Crippen molar-refractivity contribution in [1.82, 2.24) is 0 Å². The van der Waals surface area contributed by atoms with E-state index in [4.69, 9.17) is 5.26 Å². The quantitative estimate of drug-likeness (QED) is 0.580. The van der Waals surface area contributed by atoms with Crippen LogP contribution in [0.2, 0.25) is 0 Å². The SMILES string of the molecule is CC1(C)C(C=C(Br)Br)C1C(=O)OC#N. The van der Waals surface area contributed by atoms with Crippen LogP contribution in [0.15, 0.2) is 9.47 Å². The van der Waals surface area contributed by atoms with E-state index in [9.17, 15) is 4.79 Å². The number of allylic oxidation sites excluding steroid dienone is 1. The molecule has 0 aromatic carbocycles. The number of hydrogen-bond donors (Lipinski definition) is 0. The maximum atomic E-state index is 11.3. The maximum absolute atomic E-state index is 11.3. The van der Waals surface area contributed by atoms with Gasteiger partial charge in [-0.3, -0.25) is 4.79 Å². The number of nitrogens with zero attached hydrogens (tertiary/aromatic N) is 1. The molecule has 0 saturated heterocycles. The van der Waals surface area contributed by atoms with Crippen molar-refractivity contribution in [2.75, 3.05) is 0 Å². The molecule has 14 heavy (non-hydrogen) atoms. The van der Waals surface area contributed by atoms with Crippen LogP contribution in [0.25, 0.3) is 0 Å². The van der Waals surface area contributed by atoms with E-state index < -0.39 is 5.97 Å². The number of ether oxygens (including phenoxy) is 1. The van der Waals surface area contributed by atoms with Crippen molar-refractivity contribution in [1.29, 1.82) is 5.26 Å². The van der Waals surface area contributed by atoms with Crippen molar-refractivity contribution < 1.29 is 9.53 Å². The average molecular weight is 323 g/mol. The first-order chi connectivity index (χ1) is 6.41. The van der Waals surface area contributed by atoms with Gasteiger partial charge in [0.25, 0.3) is 6.26 Å². The second-order valence-electron chi connectivity index (χ2n) is 3.79. The third-order valence-electron chi connectivity index (χ3n) is 2.62. The van der Waals surface area contributed by atoms with E-state index in [0.29, 0.717) is 0 Å². The van der Waals surface area contributed by atoms with E-state index in [2.05, 4.69) is 36.6 Å². The minimum Gasteiger partial charge on any atom is -0.351 e. The number of carbonyl (C=O) groups is 1. The number of halogens is 2. The van der Waals surface area contributed by atoms with E-state index in [1.165, 1.54) is 6.26 Å². The summed E-state index contributed by atoms with van der Waals surface area (Å²) in [4.78, 5) is 11.3. The highest BCUT2D eigenvalue weighted by molar-refractivity contribution is 9.28. The predicted octanol–water partition coefficient (Wildman–Crippen LogP) is 2.91. The van der Waals surface area contributed by atoms with Crippen LogP contribution in [0.4, 0.5) is 0 Å². The second-order valence-corrected chi connectivity index (χ2v) is 6.57. The Labute approximate surface area is 99.4 Å². The molecule has 0 heterocycles. The Morgan fingerprint density at radius 3 is 2.57 bits per heavy atom. The molecule has 0 spiro atoms. The van der Waals surface area contributed by atoms with Gasteiger partial charge in [-0.15, -0.1) is 5.26 Å². The van der Waals surface area contributed by atoms with E-state index in [1.54, 1.807) is 0 Å². The van der Waals surface area contributed by atoms with Crippen molar-refractivity contribution in [3.8, 4) is 6.26 Å². The Bertz CT molecular complexity index is 326. The first-order valence-electron chi connectivity index (χ1n) is 4.04. The van der Waals surface area contributed by atoms with Crippen molar-refractivity contribution in [3.05, 3.63) is 9.47 Å². The number of hydrogen-bond acceptors (Lipinski definition) is 3. The van der Waals surface area contributed by atoms with Crippen molar-refractivity contribution in [2.24, 2.45) is 17.3 Å². The topological polar surface area (TPSA) is 50.1 Å². The molecule has 76 valence electrons. The third kappa shape index (κ3) is 2.18. The van der Waals surface area contributed by atoms with Gasteiger partial charge < -0.3 is 4.74 Å². The highest BCUT2D eigenvalue weighted by Crippen LogP contribution is 2.60. The van der Waals surface area contributed by atoms with Crippen LogP contribution in [0.1, 0.15) is 13.8 Å². The molecule has 0 aromatic rings. The van der Waals surface area contributed by atoms with Crippen molar-refractivity contribution >= 4 is 37.8 Å². The Morgan fingerprint density at radius 2 is 2.14 bits per heavy atom. The molecule has 0 amide bonds. The lowest BCUT2D eigenvalue weighted by atomic mass is 10.1. The summed E-state index contributed by atoms with van der Waals surface area (Å²) in [6.07, 6.45) is 3.31. The molecule has 0 radical (unpaired) electrons. The zero-order valence-electron chi connectivity index (χ0n) is 7.75. The number of nitriles is 1. The van der Waals surface area contributed by atoms with Gasteiger partial charge in [0.2, 0.25) is 0 Å². The first kappa shape index (κ1) is 11.7. The van der Waals surface area contributed by atoms with Gasteiger partial charge in [0.1, 0.15) is 0 Å². The van der Waals surface area contributed by atoms with Gasteiger partial charge in [-0.25, -0.2) is 0 Å². The monoisotopic (exact) mass is 321 g/mol. The lowest BCUT2D eigenvalue weighted by Crippen LogP contribution is -2.07. The summed E-state index contributed by atoms with van der Waals surface area (Å²) in [6.45, 7) is 3.95. The molecular formula is C9H9Br2NO2. The van der Waals surface area contributed by atoms with Gasteiger partial charge >= 0.3 is 5.97 Å². The van der Waals surface area contributed by atoms with Gasteiger partial charge in [0.15, 0.2) is 0 Å². The molecule has 2 unspecified atom stereocenters. The minimum atomic E-state index is -0.444. The highest BCUT2D eigenvalue weighted by atomic mass is 79.9. The molecule has 0 bridgehead atoms. The van der Waals surface area contributed by atoms with E-state index in [0.717, 1.165) is 3.39 Å². The summed E-state index contributed by atoms with van der Waals surface area (Å²) >= 11 is 6.49. The van der Waals surface area contributed by atoms with Crippen LogP contribution in [0.5, 0.6) is 0 Å². The largest absolute Gasteiger partial charge is 0.351 e. The van der Waals surface area contributed by atoms with Crippen LogP contribution in [0, 0.1) is 28.8 Å². The van der Waals surface area contributed by atoms with Gasteiger partial charge in [-0.05, 0) is 43.2 Å². The summed E-state index contributed by atoms with van der Waals surface area (Å²) in [5, 5.41) is 8.22. The molecule has 1 rings (SSSR count). The zero-order chi connectivity index (χ0) is 10.9. The maximum Gasteiger partial charge on any atom is 0.325 e. The lowest BCUT2D eigenvalue weighted by Gasteiger charge is -1.97. The minimum absolute atomic E-state index is 0.122. The summed E-state index contributed by atoms with van der Waals surface area (Å²) in [5.41, 5.74) is -0.124. The molecule has 0 aliphatic heterocycles. The summed E-state index contributed by atoms with van der Waals surface area (Å²) in [7, 11) is 0. The fourth-order valence-electron chi connectivity index (χ4n) is 1.68. The Kier molecular flexibility index (Phi) is 3.38. The van der Waals surface area contributed by atoms with Crippen LogP contribution < -0.4 is 0 Å². The second kappa shape index (κ2) is 4.03. The molecular weight excluding hydrogens is 314 g/mol. The van der Waals surface area contributed by atoms with Crippen LogP contribution >= 0.6 is 31.9 Å². The zero-order valence-corrected chi connectivity index (χ0v) is 10.9. The summed E-state index contributed by atoms with van der Waals surface area (Å²) in [5.74, 6) is -0.538. The third-order valence-corrected chi connectivity index (χ3v) is 3.15.